The van der Waals surface area contributed by atoms with Gasteiger partial charge in [-0.05, 0) is 48.4 Å². The lowest BCUT2D eigenvalue weighted by molar-refractivity contribution is 0.102. The van der Waals surface area contributed by atoms with Gasteiger partial charge in [-0.15, -0.1) is 0 Å². The SMILES string of the molecule is CCc1ccc2nc(NC(=O)c3ccc(OCc4nccn4C)cc3)sc2c1. The minimum Gasteiger partial charge on any atom is -0.486 e. The predicted molar refractivity (Wildman–Crippen MR) is 111 cm³/mol. The predicted octanol–water partition coefficient (Wildman–Crippen LogP) is 4.42. The fourth-order valence-electron chi connectivity index (χ4n) is 2.80. The van der Waals surface area contributed by atoms with E-state index in [-0.39, 0.29) is 5.91 Å². The first-order valence-electron chi connectivity index (χ1n) is 9.02. The van der Waals surface area contributed by atoms with Gasteiger partial charge in [-0.25, -0.2) is 9.97 Å². The van der Waals surface area contributed by atoms with Gasteiger partial charge in [0.25, 0.3) is 5.91 Å². The standard InChI is InChI=1S/C21H20N4O2S/c1-3-14-4-9-17-18(12-14)28-21(23-17)24-20(26)15-5-7-16(8-6-15)27-13-19-22-10-11-25(19)2/h4-12H,3,13H2,1-2H3,(H,23,24,26). The van der Waals surface area contributed by atoms with Crippen molar-refractivity contribution < 1.29 is 9.53 Å². The molecule has 2 aromatic carbocycles. The monoisotopic (exact) mass is 392 g/mol. The van der Waals surface area contributed by atoms with Gasteiger partial charge in [0.1, 0.15) is 18.2 Å². The number of aromatic nitrogens is 3. The summed E-state index contributed by atoms with van der Waals surface area (Å²) >= 11 is 1.48. The van der Waals surface area contributed by atoms with Crippen molar-refractivity contribution in [3.8, 4) is 5.75 Å². The van der Waals surface area contributed by atoms with Gasteiger partial charge >= 0.3 is 0 Å². The molecule has 0 spiro atoms. The lowest BCUT2D eigenvalue weighted by Crippen LogP contribution is -2.11. The molecule has 4 rings (SSSR count). The highest BCUT2D eigenvalue weighted by Crippen LogP contribution is 2.27. The Morgan fingerprint density at radius 3 is 2.75 bits per heavy atom. The van der Waals surface area contributed by atoms with Crippen LogP contribution in [-0.2, 0) is 20.1 Å². The number of imidazole rings is 1. The van der Waals surface area contributed by atoms with E-state index in [0.717, 1.165) is 22.5 Å². The van der Waals surface area contributed by atoms with Crippen LogP contribution in [0.25, 0.3) is 10.2 Å². The molecule has 2 aromatic heterocycles. The Bertz CT molecular complexity index is 1120. The fourth-order valence-corrected chi connectivity index (χ4v) is 3.72. The zero-order chi connectivity index (χ0) is 19.5. The second kappa shape index (κ2) is 7.82. The molecule has 7 heteroatoms. The van der Waals surface area contributed by atoms with Crippen molar-refractivity contribution in [2.45, 2.75) is 20.0 Å². The highest BCUT2D eigenvalue weighted by atomic mass is 32.1. The molecule has 0 atom stereocenters. The van der Waals surface area contributed by atoms with Gasteiger partial charge < -0.3 is 9.30 Å². The minimum atomic E-state index is -0.189. The van der Waals surface area contributed by atoms with Crippen LogP contribution in [0.5, 0.6) is 5.75 Å². The molecule has 4 aromatic rings. The van der Waals surface area contributed by atoms with E-state index in [0.29, 0.717) is 23.1 Å². The molecule has 0 saturated carbocycles. The van der Waals surface area contributed by atoms with Crippen molar-refractivity contribution in [2.24, 2.45) is 7.05 Å². The summed E-state index contributed by atoms with van der Waals surface area (Å²) in [5.74, 6) is 1.33. The molecular formula is C21H20N4O2S. The van der Waals surface area contributed by atoms with Crippen LogP contribution in [0.3, 0.4) is 0 Å². The van der Waals surface area contributed by atoms with E-state index < -0.39 is 0 Å². The number of nitrogens with one attached hydrogen (secondary N) is 1. The number of nitrogens with zero attached hydrogens (tertiary/aromatic N) is 3. The normalized spacial score (nSPS) is 10.9. The van der Waals surface area contributed by atoms with Crippen molar-refractivity contribution in [3.63, 3.8) is 0 Å². The third-order valence-corrected chi connectivity index (χ3v) is 5.42. The number of ether oxygens (including phenoxy) is 1. The van der Waals surface area contributed by atoms with Crippen molar-refractivity contribution >= 4 is 32.6 Å². The van der Waals surface area contributed by atoms with Gasteiger partial charge in [-0.2, -0.15) is 0 Å². The van der Waals surface area contributed by atoms with Gasteiger partial charge in [-0.3, -0.25) is 10.1 Å². The maximum absolute atomic E-state index is 12.5. The summed E-state index contributed by atoms with van der Waals surface area (Å²) in [5.41, 5.74) is 2.71. The van der Waals surface area contributed by atoms with Crippen LogP contribution < -0.4 is 10.1 Å². The largest absolute Gasteiger partial charge is 0.486 e. The molecule has 0 aliphatic heterocycles. The number of thiazole rings is 1. The Hall–Kier alpha value is -3.19. The second-order valence-corrected chi connectivity index (χ2v) is 7.43. The molecule has 0 fully saturated rings. The molecule has 0 unspecified atom stereocenters. The second-order valence-electron chi connectivity index (χ2n) is 6.40. The summed E-state index contributed by atoms with van der Waals surface area (Å²) in [7, 11) is 1.92. The topological polar surface area (TPSA) is 69.0 Å². The minimum absolute atomic E-state index is 0.189. The van der Waals surface area contributed by atoms with Crippen LogP contribution in [0.15, 0.2) is 54.9 Å². The first-order chi connectivity index (χ1) is 13.6. The molecular weight excluding hydrogens is 372 g/mol. The molecule has 0 radical (unpaired) electrons. The van der Waals surface area contributed by atoms with Gasteiger partial charge in [0.05, 0.1) is 10.2 Å². The zero-order valence-corrected chi connectivity index (χ0v) is 16.5. The van der Waals surface area contributed by atoms with E-state index in [1.807, 2.05) is 23.9 Å². The highest BCUT2D eigenvalue weighted by Gasteiger charge is 2.11. The van der Waals surface area contributed by atoms with E-state index in [1.54, 1.807) is 30.5 Å². The van der Waals surface area contributed by atoms with Crippen molar-refractivity contribution in [2.75, 3.05) is 5.32 Å². The van der Waals surface area contributed by atoms with Crippen LogP contribution in [0.4, 0.5) is 5.13 Å². The summed E-state index contributed by atoms with van der Waals surface area (Å²) in [6.45, 7) is 2.50. The summed E-state index contributed by atoms with van der Waals surface area (Å²) in [4.78, 5) is 21.2. The smallest absolute Gasteiger partial charge is 0.257 e. The number of anilines is 1. The van der Waals surface area contributed by atoms with Gasteiger partial charge in [0.2, 0.25) is 0 Å². The van der Waals surface area contributed by atoms with Crippen LogP contribution >= 0.6 is 11.3 Å². The van der Waals surface area contributed by atoms with Crippen LogP contribution in [0.1, 0.15) is 28.7 Å². The summed E-state index contributed by atoms with van der Waals surface area (Å²) in [6, 6.07) is 13.2. The molecule has 0 aliphatic carbocycles. The average Bonchev–Trinajstić information content (AvgIpc) is 3.31. The number of carbonyl (C=O) groups is 1. The third kappa shape index (κ3) is 3.89. The summed E-state index contributed by atoms with van der Waals surface area (Å²) < 4.78 is 8.70. The lowest BCUT2D eigenvalue weighted by Gasteiger charge is -2.07. The van der Waals surface area contributed by atoms with Gasteiger partial charge in [0.15, 0.2) is 5.13 Å². The molecule has 28 heavy (non-hydrogen) atoms. The lowest BCUT2D eigenvalue weighted by atomic mass is 10.2. The van der Waals surface area contributed by atoms with E-state index in [9.17, 15) is 4.79 Å². The summed E-state index contributed by atoms with van der Waals surface area (Å²) in [5, 5.41) is 3.48. The van der Waals surface area contributed by atoms with Crippen molar-refractivity contribution in [1.29, 1.82) is 0 Å². The number of amides is 1. The number of aryl methyl sites for hydroxylation is 2. The molecule has 0 bridgehead atoms. The molecule has 1 amide bonds. The number of hydrogen-bond donors (Lipinski definition) is 1. The van der Waals surface area contributed by atoms with E-state index >= 15 is 0 Å². The average molecular weight is 392 g/mol. The van der Waals surface area contributed by atoms with Gasteiger partial charge in [-0.1, -0.05) is 24.3 Å². The first kappa shape index (κ1) is 18.2. The molecule has 6 nitrogen and oxygen atoms in total. The number of rotatable bonds is 6. The van der Waals surface area contributed by atoms with Crippen LogP contribution in [-0.4, -0.2) is 20.4 Å². The Morgan fingerprint density at radius 2 is 2.04 bits per heavy atom. The Morgan fingerprint density at radius 1 is 1.21 bits per heavy atom. The third-order valence-electron chi connectivity index (χ3n) is 4.49. The number of benzene rings is 2. The quantitative estimate of drug-likeness (QED) is 0.527. The Kier molecular flexibility index (Phi) is 5.08. The molecule has 0 aliphatic rings. The maximum atomic E-state index is 12.5. The molecule has 1 N–H and O–H groups in total. The summed E-state index contributed by atoms with van der Waals surface area (Å²) in [6.07, 6.45) is 4.58. The van der Waals surface area contributed by atoms with Crippen LogP contribution in [0.2, 0.25) is 0 Å². The number of hydrogen-bond acceptors (Lipinski definition) is 5. The zero-order valence-electron chi connectivity index (χ0n) is 15.7. The fraction of sp³-hybridized carbons (Fsp3) is 0.190. The van der Waals surface area contributed by atoms with E-state index in [1.165, 1.54) is 16.9 Å². The number of carbonyl (C=O) groups excluding carboxylic acids is 1. The molecule has 0 saturated heterocycles. The highest BCUT2D eigenvalue weighted by molar-refractivity contribution is 7.22. The van der Waals surface area contributed by atoms with Crippen molar-refractivity contribution in [1.82, 2.24) is 14.5 Å². The van der Waals surface area contributed by atoms with Crippen LogP contribution in [0, 0.1) is 0 Å². The Balaban J connectivity index is 1.41. The van der Waals surface area contributed by atoms with E-state index in [2.05, 4.69) is 34.3 Å². The van der Waals surface area contributed by atoms with Gasteiger partial charge in [0, 0.05) is 25.0 Å². The maximum Gasteiger partial charge on any atom is 0.257 e. The first-order valence-corrected chi connectivity index (χ1v) is 9.84. The Labute approximate surface area is 166 Å². The van der Waals surface area contributed by atoms with Crippen molar-refractivity contribution in [3.05, 3.63) is 71.8 Å². The van der Waals surface area contributed by atoms with E-state index in [4.69, 9.17) is 4.74 Å². The molecule has 2 heterocycles. The molecule has 142 valence electrons. The number of fused-ring (bicyclic) bond motifs is 1.